The summed E-state index contributed by atoms with van der Waals surface area (Å²) in [4.78, 5) is 2.64. The molecule has 0 bridgehead atoms. The lowest BCUT2D eigenvalue weighted by atomic mass is 10.1. The summed E-state index contributed by atoms with van der Waals surface area (Å²) >= 11 is 0. The van der Waals surface area contributed by atoms with Gasteiger partial charge in [0.05, 0.1) is 0 Å². The first-order chi connectivity index (χ1) is 9.63. The highest BCUT2D eigenvalue weighted by Gasteiger charge is 2.30. The summed E-state index contributed by atoms with van der Waals surface area (Å²) in [5, 5.41) is 3.60. The third kappa shape index (κ3) is 3.54. The van der Waals surface area contributed by atoms with Crippen molar-refractivity contribution in [3.8, 4) is 0 Å². The van der Waals surface area contributed by atoms with Gasteiger partial charge in [-0.1, -0.05) is 26.0 Å². The summed E-state index contributed by atoms with van der Waals surface area (Å²) < 4.78 is 0. The normalized spacial score (nSPS) is 18.6. The highest BCUT2D eigenvalue weighted by molar-refractivity contribution is 5.56. The van der Waals surface area contributed by atoms with E-state index in [9.17, 15) is 0 Å². The van der Waals surface area contributed by atoms with E-state index in [-0.39, 0.29) is 0 Å². The van der Waals surface area contributed by atoms with Gasteiger partial charge in [-0.3, -0.25) is 0 Å². The molecule has 1 N–H and O–H groups in total. The van der Waals surface area contributed by atoms with Crippen LogP contribution in [-0.4, -0.2) is 18.6 Å². The van der Waals surface area contributed by atoms with Gasteiger partial charge in [0, 0.05) is 30.9 Å². The summed E-state index contributed by atoms with van der Waals surface area (Å²) in [5.74, 6) is 0.728. The zero-order valence-electron chi connectivity index (χ0n) is 13.2. The van der Waals surface area contributed by atoms with Crippen LogP contribution in [-0.2, 0) is 6.54 Å². The molecule has 0 aromatic heterocycles. The van der Waals surface area contributed by atoms with Crippen molar-refractivity contribution >= 4 is 5.69 Å². The topological polar surface area (TPSA) is 15.3 Å². The van der Waals surface area contributed by atoms with Crippen LogP contribution in [0.1, 0.15) is 50.7 Å². The Morgan fingerprint density at radius 2 is 1.95 bits per heavy atom. The monoisotopic (exact) mass is 272 g/mol. The molecule has 0 radical (unpaired) electrons. The molecular weight excluding hydrogens is 244 g/mol. The van der Waals surface area contributed by atoms with Crippen molar-refractivity contribution in [2.75, 3.05) is 11.4 Å². The van der Waals surface area contributed by atoms with Gasteiger partial charge in [0.25, 0.3) is 0 Å². The molecular formula is C18H28N2. The second-order valence-electron chi connectivity index (χ2n) is 7.05. The van der Waals surface area contributed by atoms with Crippen molar-refractivity contribution in [3.05, 3.63) is 29.3 Å². The average Bonchev–Trinajstić information content (AvgIpc) is 3.27. The van der Waals surface area contributed by atoms with Crippen molar-refractivity contribution in [2.45, 2.75) is 65.1 Å². The SMILES string of the molecule is Cc1cc(CNC2CC2)ccc1N(CC(C)C)C1CC1. The molecule has 2 nitrogen and oxygen atoms in total. The molecule has 0 atom stereocenters. The van der Waals surface area contributed by atoms with Crippen LogP contribution in [0, 0.1) is 12.8 Å². The van der Waals surface area contributed by atoms with Gasteiger partial charge in [0.15, 0.2) is 0 Å². The minimum atomic E-state index is 0.728. The average molecular weight is 272 g/mol. The molecule has 3 rings (SSSR count). The number of anilines is 1. The van der Waals surface area contributed by atoms with E-state index in [2.05, 4.69) is 49.2 Å². The first kappa shape index (κ1) is 13.9. The van der Waals surface area contributed by atoms with E-state index in [1.54, 1.807) is 0 Å². The first-order valence-electron chi connectivity index (χ1n) is 8.23. The molecule has 0 aliphatic heterocycles. The zero-order valence-corrected chi connectivity index (χ0v) is 13.2. The summed E-state index contributed by atoms with van der Waals surface area (Å²) in [7, 11) is 0. The van der Waals surface area contributed by atoms with Gasteiger partial charge >= 0.3 is 0 Å². The van der Waals surface area contributed by atoms with Gasteiger partial charge in [-0.2, -0.15) is 0 Å². The lowest BCUT2D eigenvalue weighted by Crippen LogP contribution is -2.30. The molecule has 2 aliphatic rings. The largest absolute Gasteiger partial charge is 0.368 e. The standard InChI is InChI=1S/C18H28N2/c1-13(2)12-20(17-7-8-17)18-9-4-15(10-14(18)3)11-19-16-5-6-16/h4,9-10,13,16-17,19H,5-8,11-12H2,1-3H3. The smallest absolute Gasteiger partial charge is 0.0398 e. The predicted molar refractivity (Wildman–Crippen MR) is 86.2 cm³/mol. The summed E-state index contributed by atoms with van der Waals surface area (Å²) in [6.07, 6.45) is 5.47. The van der Waals surface area contributed by atoms with Crippen LogP contribution in [0.2, 0.25) is 0 Å². The number of nitrogens with zero attached hydrogens (tertiary/aromatic N) is 1. The molecule has 0 unspecified atom stereocenters. The quantitative estimate of drug-likeness (QED) is 0.810. The Morgan fingerprint density at radius 1 is 1.20 bits per heavy atom. The second-order valence-corrected chi connectivity index (χ2v) is 7.05. The maximum absolute atomic E-state index is 3.60. The molecule has 0 spiro atoms. The van der Waals surface area contributed by atoms with Gasteiger partial charge in [0.2, 0.25) is 0 Å². The van der Waals surface area contributed by atoms with E-state index in [1.807, 2.05) is 0 Å². The Balaban J connectivity index is 1.70. The predicted octanol–water partition coefficient (Wildman–Crippen LogP) is 3.87. The van der Waals surface area contributed by atoms with Crippen LogP contribution >= 0.6 is 0 Å². The maximum Gasteiger partial charge on any atom is 0.0398 e. The van der Waals surface area contributed by atoms with Gasteiger partial charge in [-0.15, -0.1) is 0 Å². The van der Waals surface area contributed by atoms with Crippen LogP contribution < -0.4 is 10.2 Å². The minimum absolute atomic E-state index is 0.728. The number of hydrogen-bond donors (Lipinski definition) is 1. The molecule has 110 valence electrons. The minimum Gasteiger partial charge on any atom is -0.368 e. The lowest BCUT2D eigenvalue weighted by Gasteiger charge is -2.28. The zero-order chi connectivity index (χ0) is 14.1. The lowest BCUT2D eigenvalue weighted by molar-refractivity contribution is 0.606. The van der Waals surface area contributed by atoms with E-state index < -0.39 is 0 Å². The molecule has 0 saturated heterocycles. The molecule has 2 aliphatic carbocycles. The van der Waals surface area contributed by atoms with Crippen LogP contribution in [0.4, 0.5) is 5.69 Å². The molecule has 1 aromatic rings. The third-order valence-corrected chi connectivity index (χ3v) is 4.29. The van der Waals surface area contributed by atoms with Crippen LogP contribution in [0.3, 0.4) is 0 Å². The molecule has 1 aromatic carbocycles. The van der Waals surface area contributed by atoms with Crippen molar-refractivity contribution in [1.29, 1.82) is 0 Å². The van der Waals surface area contributed by atoms with Crippen molar-refractivity contribution in [1.82, 2.24) is 5.32 Å². The van der Waals surface area contributed by atoms with E-state index in [0.29, 0.717) is 0 Å². The highest BCUT2D eigenvalue weighted by Crippen LogP contribution is 2.34. The van der Waals surface area contributed by atoms with E-state index in [1.165, 1.54) is 49.0 Å². The fourth-order valence-electron chi connectivity index (χ4n) is 2.92. The van der Waals surface area contributed by atoms with Gasteiger partial charge in [-0.05, 0) is 55.7 Å². The Kier molecular flexibility index (Phi) is 4.02. The van der Waals surface area contributed by atoms with Gasteiger partial charge in [-0.25, -0.2) is 0 Å². The van der Waals surface area contributed by atoms with Crippen LogP contribution in [0.25, 0.3) is 0 Å². The van der Waals surface area contributed by atoms with Crippen LogP contribution in [0.5, 0.6) is 0 Å². The van der Waals surface area contributed by atoms with E-state index in [0.717, 1.165) is 24.5 Å². The second kappa shape index (κ2) is 5.77. The number of nitrogens with one attached hydrogen (secondary N) is 1. The van der Waals surface area contributed by atoms with E-state index >= 15 is 0 Å². The van der Waals surface area contributed by atoms with Gasteiger partial charge in [0.1, 0.15) is 0 Å². The number of hydrogen-bond acceptors (Lipinski definition) is 2. The molecule has 2 heteroatoms. The maximum atomic E-state index is 3.60. The van der Waals surface area contributed by atoms with E-state index in [4.69, 9.17) is 0 Å². The molecule has 0 amide bonds. The summed E-state index contributed by atoms with van der Waals surface area (Å²) in [5.41, 5.74) is 4.32. The number of benzene rings is 1. The number of aryl methyl sites for hydroxylation is 1. The van der Waals surface area contributed by atoms with Crippen molar-refractivity contribution in [2.24, 2.45) is 5.92 Å². The highest BCUT2D eigenvalue weighted by atomic mass is 15.2. The Hall–Kier alpha value is -1.02. The summed E-state index contributed by atoms with van der Waals surface area (Å²) in [6.45, 7) is 9.12. The fraction of sp³-hybridized carbons (Fsp3) is 0.667. The Labute approximate surface area is 123 Å². The molecule has 2 fully saturated rings. The Morgan fingerprint density at radius 3 is 2.50 bits per heavy atom. The molecule has 20 heavy (non-hydrogen) atoms. The number of rotatable bonds is 7. The third-order valence-electron chi connectivity index (χ3n) is 4.29. The fourth-order valence-corrected chi connectivity index (χ4v) is 2.92. The van der Waals surface area contributed by atoms with Crippen molar-refractivity contribution < 1.29 is 0 Å². The Bertz CT molecular complexity index is 458. The van der Waals surface area contributed by atoms with Crippen molar-refractivity contribution in [3.63, 3.8) is 0 Å². The summed E-state index contributed by atoms with van der Waals surface area (Å²) in [6, 6.07) is 8.62. The molecule has 2 saturated carbocycles. The van der Waals surface area contributed by atoms with Crippen LogP contribution in [0.15, 0.2) is 18.2 Å². The molecule has 0 heterocycles. The van der Waals surface area contributed by atoms with Gasteiger partial charge < -0.3 is 10.2 Å². The first-order valence-corrected chi connectivity index (χ1v) is 8.23.